The summed E-state index contributed by atoms with van der Waals surface area (Å²) < 4.78 is 7.83. The summed E-state index contributed by atoms with van der Waals surface area (Å²) in [6, 6.07) is 1.98. The lowest BCUT2D eigenvalue weighted by Gasteiger charge is -2.23. The number of aromatic nitrogens is 4. The van der Waals surface area contributed by atoms with E-state index in [0.29, 0.717) is 5.92 Å². The smallest absolute Gasteiger partial charge is 0.115 e. The van der Waals surface area contributed by atoms with Gasteiger partial charge in [0, 0.05) is 50.7 Å². The minimum Gasteiger partial charge on any atom is -0.380 e. The molecule has 0 amide bonds. The Balaban J connectivity index is 1.62. The fourth-order valence-corrected chi connectivity index (χ4v) is 2.72. The molecule has 1 aliphatic rings. The molecule has 1 fully saturated rings. The Kier molecular flexibility index (Phi) is 4.57. The number of nitrogens with zero attached hydrogens (tertiary/aromatic N) is 5. The van der Waals surface area contributed by atoms with E-state index in [9.17, 15) is 0 Å². The predicted octanol–water partition coefficient (Wildman–Crippen LogP) is 0.901. The number of hydrogen-bond acceptors (Lipinski definition) is 5. The Labute approximate surface area is 124 Å². The van der Waals surface area contributed by atoms with Gasteiger partial charge in [-0.15, -0.1) is 0 Å². The van der Waals surface area contributed by atoms with Crippen molar-refractivity contribution in [3.8, 4) is 0 Å². The van der Waals surface area contributed by atoms with Gasteiger partial charge in [0.2, 0.25) is 0 Å². The summed E-state index contributed by atoms with van der Waals surface area (Å²) in [5.41, 5.74) is 2.32. The highest BCUT2D eigenvalue weighted by Gasteiger charge is 2.20. The third kappa shape index (κ3) is 3.86. The standard InChI is InChI=1S/C15H21N5O/c1-19-12-17-7-15(19)9-20-4-5-21-10-13(8-20)6-14-2-3-16-11-18-14/h2-3,7,11-13H,4-6,8-10H2,1H3. The Morgan fingerprint density at radius 1 is 1.38 bits per heavy atom. The van der Waals surface area contributed by atoms with E-state index in [-0.39, 0.29) is 0 Å². The number of aryl methyl sites for hydroxylation is 1. The van der Waals surface area contributed by atoms with Crippen LogP contribution in [0.5, 0.6) is 0 Å². The van der Waals surface area contributed by atoms with Gasteiger partial charge in [-0.2, -0.15) is 0 Å². The molecule has 1 atom stereocenters. The van der Waals surface area contributed by atoms with Crippen molar-refractivity contribution in [2.45, 2.75) is 13.0 Å². The first kappa shape index (κ1) is 14.2. The van der Waals surface area contributed by atoms with Gasteiger partial charge in [0.25, 0.3) is 0 Å². The third-order valence-corrected chi connectivity index (χ3v) is 3.86. The maximum atomic E-state index is 5.75. The van der Waals surface area contributed by atoms with E-state index < -0.39 is 0 Å². The van der Waals surface area contributed by atoms with Gasteiger partial charge in [-0.25, -0.2) is 15.0 Å². The number of imidazole rings is 1. The molecule has 1 aliphatic heterocycles. The van der Waals surface area contributed by atoms with Crippen molar-refractivity contribution in [1.82, 2.24) is 24.4 Å². The van der Waals surface area contributed by atoms with Crippen LogP contribution >= 0.6 is 0 Å². The van der Waals surface area contributed by atoms with E-state index in [0.717, 1.165) is 45.0 Å². The monoisotopic (exact) mass is 287 g/mol. The molecule has 1 unspecified atom stereocenters. The molecular formula is C15H21N5O. The Morgan fingerprint density at radius 2 is 2.33 bits per heavy atom. The first-order valence-corrected chi connectivity index (χ1v) is 7.31. The lowest BCUT2D eigenvalue weighted by Crippen LogP contribution is -2.31. The minimum absolute atomic E-state index is 0.468. The molecule has 0 N–H and O–H groups in total. The Bertz CT molecular complexity index is 556. The first-order valence-electron chi connectivity index (χ1n) is 7.31. The highest BCUT2D eigenvalue weighted by atomic mass is 16.5. The average Bonchev–Trinajstić information content (AvgIpc) is 2.76. The lowest BCUT2D eigenvalue weighted by molar-refractivity contribution is 0.121. The summed E-state index contributed by atoms with van der Waals surface area (Å²) in [4.78, 5) is 14.9. The molecule has 6 nitrogen and oxygen atoms in total. The van der Waals surface area contributed by atoms with Crippen molar-refractivity contribution in [1.29, 1.82) is 0 Å². The topological polar surface area (TPSA) is 56.1 Å². The van der Waals surface area contributed by atoms with Gasteiger partial charge in [0.05, 0.1) is 25.2 Å². The summed E-state index contributed by atoms with van der Waals surface area (Å²) in [6.45, 7) is 4.49. The Morgan fingerprint density at radius 3 is 3.10 bits per heavy atom. The van der Waals surface area contributed by atoms with Gasteiger partial charge in [-0.3, -0.25) is 4.90 Å². The quantitative estimate of drug-likeness (QED) is 0.836. The summed E-state index contributed by atoms with van der Waals surface area (Å²) >= 11 is 0. The zero-order valence-electron chi connectivity index (χ0n) is 12.4. The SMILES string of the molecule is Cn1cncc1CN1CCOCC(Cc2ccncn2)C1. The molecule has 0 spiro atoms. The zero-order valence-corrected chi connectivity index (χ0v) is 12.4. The van der Waals surface area contributed by atoms with Crippen LogP contribution in [0.1, 0.15) is 11.4 Å². The molecule has 2 aromatic rings. The largest absolute Gasteiger partial charge is 0.380 e. The van der Waals surface area contributed by atoms with E-state index in [4.69, 9.17) is 4.74 Å². The van der Waals surface area contributed by atoms with Crippen LogP contribution in [-0.4, -0.2) is 50.7 Å². The summed E-state index contributed by atoms with van der Waals surface area (Å²) in [6.07, 6.45) is 8.13. The molecule has 0 bridgehead atoms. The van der Waals surface area contributed by atoms with Gasteiger partial charge in [0.15, 0.2) is 0 Å². The molecule has 21 heavy (non-hydrogen) atoms. The van der Waals surface area contributed by atoms with E-state index >= 15 is 0 Å². The van der Waals surface area contributed by atoms with Crippen LogP contribution in [0.4, 0.5) is 0 Å². The molecule has 0 radical (unpaired) electrons. The normalized spacial score (nSPS) is 20.3. The van der Waals surface area contributed by atoms with Crippen molar-refractivity contribution in [3.63, 3.8) is 0 Å². The van der Waals surface area contributed by atoms with Crippen molar-refractivity contribution >= 4 is 0 Å². The molecule has 6 heteroatoms. The Hall–Kier alpha value is -1.79. The molecule has 0 saturated carbocycles. The van der Waals surface area contributed by atoms with Crippen molar-refractivity contribution in [2.24, 2.45) is 13.0 Å². The van der Waals surface area contributed by atoms with Crippen LogP contribution in [0, 0.1) is 5.92 Å². The molecule has 0 aromatic carbocycles. The predicted molar refractivity (Wildman–Crippen MR) is 78.5 cm³/mol. The molecule has 2 aromatic heterocycles. The summed E-state index contributed by atoms with van der Waals surface area (Å²) in [7, 11) is 2.04. The van der Waals surface area contributed by atoms with Crippen LogP contribution in [0.2, 0.25) is 0 Å². The average molecular weight is 287 g/mol. The maximum absolute atomic E-state index is 5.75. The molecule has 1 saturated heterocycles. The van der Waals surface area contributed by atoms with Gasteiger partial charge in [0.1, 0.15) is 6.33 Å². The summed E-state index contributed by atoms with van der Waals surface area (Å²) in [5, 5.41) is 0. The van der Waals surface area contributed by atoms with Gasteiger partial charge in [-0.05, 0) is 12.5 Å². The second kappa shape index (κ2) is 6.78. The second-order valence-electron chi connectivity index (χ2n) is 5.58. The van der Waals surface area contributed by atoms with E-state index in [1.807, 2.05) is 25.6 Å². The van der Waals surface area contributed by atoms with Crippen molar-refractivity contribution in [2.75, 3.05) is 26.3 Å². The van der Waals surface area contributed by atoms with Crippen molar-refractivity contribution in [3.05, 3.63) is 42.5 Å². The van der Waals surface area contributed by atoms with Gasteiger partial charge >= 0.3 is 0 Å². The molecule has 3 rings (SSSR count). The third-order valence-electron chi connectivity index (χ3n) is 3.86. The molecule has 0 aliphatic carbocycles. The fraction of sp³-hybridized carbons (Fsp3) is 0.533. The van der Waals surface area contributed by atoms with E-state index in [1.165, 1.54) is 5.69 Å². The highest BCUT2D eigenvalue weighted by molar-refractivity contribution is 5.01. The molecule has 3 heterocycles. The second-order valence-corrected chi connectivity index (χ2v) is 5.58. The minimum atomic E-state index is 0.468. The van der Waals surface area contributed by atoms with Crippen LogP contribution in [0.25, 0.3) is 0 Å². The molecular weight excluding hydrogens is 266 g/mol. The van der Waals surface area contributed by atoms with Crippen LogP contribution in [-0.2, 0) is 24.8 Å². The number of ether oxygens (including phenoxy) is 1. The first-order chi connectivity index (χ1) is 10.3. The van der Waals surface area contributed by atoms with E-state index in [2.05, 4.69) is 24.4 Å². The van der Waals surface area contributed by atoms with Crippen LogP contribution in [0.3, 0.4) is 0 Å². The number of rotatable bonds is 4. The zero-order chi connectivity index (χ0) is 14.5. The lowest BCUT2D eigenvalue weighted by atomic mass is 10.0. The van der Waals surface area contributed by atoms with Crippen LogP contribution < -0.4 is 0 Å². The van der Waals surface area contributed by atoms with Crippen molar-refractivity contribution < 1.29 is 4.74 Å². The van der Waals surface area contributed by atoms with Gasteiger partial charge < -0.3 is 9.30 Å². The van der Waals surface area contributed by atoms with E-state index in [1.54, 1.807) is 12.5 Å². The fourth-order valence-electron chi connectivity index (χ4n) is 2.72. The number of hydrogen-bond donors (Lipinski definition) is 0. The van der Waals surface area contributed by atoms with Gasteiger partial charge in [-0.1, -0.05) is 0 Å². The summed E-state index contributed by atoms with van der Waals surface area (Å²) in [5.74, 6) is 0.468. The van der Waals surface area contributed by atoms with Crippen LogP contribution in [0.15, 0.2) is 31.1 Å². The highest BCUT2D eigenvalue weighted by Crippen LogP contribution is 2.14. The maximum Gasteiger partial charge on any atom is 0.115 e. The molecule has 112 valence electrons.